The fourth-order valence-corrected chi connectivity index (χ4v) is 3.18. The predicted molar refractivity (Wildman–Crippen MR) is 111 cm³/mol. The molecule has 0 radical (unpaired) electrons. The number of carbonyl (C=O) groups is 1. The SMILES string of the molecule is CCc1ccc(-c2cc(C(=O)NN=Cc3c(C)[nH]c4ccccc34)[nH]n2)cc1. The van der Waals surface area contributed by atoms with Gasteiger partial charge in [0.1, 0.15) is 5.69 Å². The Labute approximate surface area is 162 Å². The van der Waals surface area contributed by atoms with Gasteiger partial charge in [-0.3, -0.25) is 9.89 Å². The molecule has 0 fully saturated rings. The summed E-state index contributed by atoms with van der Waals surface area (Å²) < 4.78 is 0. The molecular formula is C22H21N5O. The first kappa shape index (κ1) is 17.7. The quantitative estimate of drug-likeness (QED) is 0.363. The summed E-state index contributed by atoms with van der Waals surface area (Å²) in [6.07, 6.45) is 2.65. The molecule has 6 heteroatoms. The van der Waals surface area contributed by atoms with E-state index in [1.807, 2.05) is 43.3 Å². The highest BCUT2D eigenvalue weighted by atomic mass is 16.2. The van der Waals surface area contributed by atoms with E-state index in [1.54, 1.807) is 12.3 Å². The molecule has 0 saturated carbocycles. The van der Waals surface area contributed by atoms with Crippen LogP contribution in [-0.2, 0) is 6.42 Å². The summed E-state index contributed by atoms with van der Waals surface area (Å²) in [4.78, 5) is 15.7. The van der Waals surface area contributed by atoms with E-state index in [0.29, 0.717) is 5.69 Å². The van der Waals surface area contributed by atoms with Crippen LogP contribution in [0.15, 0.2) is 59.7 Å². The third-order valence-corrected chi connectivity index (χ3v) is 4.78. The minimum Gasteiger partial charge on any atom is -0.358 e. The lowest BCUT2D eigenvalue weighted by Crippen LogP contribution is -2.18. The van der Waals surface area contributed by atoms with Crippen molar-refractivity contribution >= 4 is 23.0 Å². The standard InChI is InChI=1S/C22H21N5O/c1-3-15-8-10-16(11-9-15)20-12-21(26-25-20)22(28)27-23-13-18-14(2)24-19-7-5-4-6-17(18)19/h4-13,24H,3H2,1-2H3,(H,25,26)(H,27,28). The van der Waals surface area contributed by atoms with Crippen LogP contribution in [0.3, 0.4) is 0 Å². The average Bonchev–Trinajstić information content (AvgIpc) is 3.33. The molecule has 0 aliphatic carbocycles. The van der Waals surface area contributed by atoms with Crippen molar-refractivity contribution in [2.45, 2.75) is 20.3 Å². The number of aromatic amines is 2. The average molecular weight is 371 g/mol. The zero-order valence-electron chi connectivity index (χ0n) is 15.8. The van der Waals surface area contributed by atoms with E-state index < -0.39 is 0 Å². The highest BCUT2D eigenvalue weighted by Crippen LogP contribution is 2.20. The normalized spacial score (nSPS) is 11.4. The number of carbonyl (C=O) groups excluding carboxylic acids is 1. The van der Waals surface area contributed by atoms with Gasteiger partial charge in [-0.05, 0) is 31.0 Å². The molecule has 0 aliphatic heterocycles. The van der Waals surface area contributed by atoms with E-state index in [2.05, 4.69) is 44.8 Å². The summed E-state index contributed by atoms with van der Waals surface area (Å²) in [6.45, 7) is 4.10. The molecule has 0 unspecified atom stereocenters. The molecule has 28 heavy (non-hydrogen) atoms. The zero-order valence-corrected chi connectivity index (χ0v) is 15.8. The van der Waals surface area contributed by atoms with E-state index in [4.69, 9.17) is 0 Å². The van der Waals surface area contributed by atoms with Crippen LogP contribution in [0.5, 0.6) is 0 Å². The first-order valence-electron chi connectivity index (χ1n) is 9.21. The Kier molecular flexibility index (Phi) is 4.76. The van der Waals surface area contributed by atoms with Crippen molar-refractivity contribution in [2.75, 3.05) is 0 Å². The van der Waals surface area contributed by atoms with Crippen LogP contribution in [0.2, 0.25) is 0 Å². The van der Waals surface area contributed by atoms with Gasteiger partial charge in [-0.2, -0.15) is 10.2 Å². The topological polar surface area (TPSA) is 85.9 Å². The van der Waals surface area contributed by atoms with Crippen molar-refractivity contribution in [2.24, 2.45) is 5.10 Å². The molecular weight excluding hydrogens is 350 g/mol. The van der Waals surface area contributed by atoms with Gasteiger partial charge in [0.2, 0.25) is 0 Å². The summed E-state index contributed by atoms with van der Waals surface area (Å²) in [7, 11) is 0. The second-order valence-electron chi connectivity index (χ2n) is 6.63. The van der Waals surface area contributed by atoms with Gasteiger partial charge >= 0.3 is 0 Å². The van der Waals surface area contributed by atoms with Crippen LogP contribution in [0.4, 0.5) is 0 Å². The van der Waals surface area contributed by atoms with Crippen LogP contribution in [0, 0.1) is 6.92 Å². The van der Waals surface area contributed by atoms with Gasteiger partial charge in [-0.15, -0.1) is 0 Å². The Morgan fingerprint density at radius 1 is 1.18 bits per heavy atom. The van der Waals surface area contributed by atoms with Gasteiger partial charge in [0.05, 0.1) is 11.9 Å². The molecule has 4 aromatic rings. The molecule has 0 bridgehead atoms. The molecule has 1 amide bonds. The number of hydrogen-bond donors (Lipinski definition) is 3. The molecule has 0 atom stereocenters. The van der Waals surface area contributed by atoms with Gasteiger partial charge < -0.3 is 4.98 Å². The molecule has 0 saturated heterocycles. The minimum absolute atomic E-state index is 0.335. The summed E-state index contributed by atoms with van der Waals surface area (Å²) in [5.41, 5.74) is 8.87. The fourth-order valence-electron chi connectivity index (χ4n) is 3.18. The number of amides is 1. The number of rotatable bonds is 5. The number of para-hydroxylation sites is 1. The number of aryl methyl sites for hydroxylation is 2. The highest BCUT2D eigenvalue weighted by molar-refractivity contribution is 6.01. The molecule has 2 aromatic carbocycles. The van der Waals surface area contributed by atoms with E-state index >= 15 is 0 Å². The van der Waals surface area contributed by atoms with Crippen molar-refractivity contribution in [3.8, 4) is 11.3 Å². The van der Waals surface area contributed by atoms with Gasteiger partial charge in [0.25, 0.3) is 5.91 Å². The van der Waals surface area contributed by atoms with Crippen molar-refractivity contribution in [3.05, 3.63) is 77.1 Å². The summed E-state index contributed by atoms with van der Waals surface area (Å²) in [5.74, 6) is -0.335. The molecule has 0 aliphatic rings. The lowest BCUT2D eigenvalue weighted by Gasteiger charge is -1.98. The molecule has 4 rings (SSSR count). The van der Waals surface area contributed by atoms with Gasteiger partial charge in [0.15, 0.2) is 0 Å². The molecule has 2 heterocycles. The Morgan fingerprint density at radius 3 is 2.75 bits per heavy atom. The number of hydrazone groups is 1. The zero-order chi connectivity index (χ0) is 19.5. The van der Waals surface area contributed by atoms with Crippen LogP contribution < -0.4 is 5.43 Å². The first-order chi connectivity index (χ1) is 13.7. The van der Waals surface area contributed by atoms with Gasteiger partial charge in [-0.1, -0.05) is 49.4 Å². The maximum Gasteiger partial charge on any atom is 0.289 e. The van der Waals surface area contributed by atoms with Crippen LogP contribution in [-0.4, -0.2) is 27.3 Å². The lowest BCUT2D eigenvalue weighted by atomic mass is 10.1. The van der Waals surface area contributed by atoms with Crippen molar-refractivity contribution in [1.29, 1.82) is 0 Å². The maximum absolute atomic E-state index is 12.4. The molecule has 0 spiro atoms. The predicted octanol–water partition coefficient (Wildman–Crippen LogP) is 4.19. The fraction of sp³-hybridized carbons (Fsp3) is 0.136. The number of aromatic nitrogens is 3. The van der Waals surface area contributed by atoms with Crippen LogP contribution in [0.1, 0.15) is 34.2 Å². The summed E-state index contributed by atoms with van der Waals surface area (Å²) in [6, 6.07) is 17.9. The Balaban J connectivity index is 1.47. The number of nitrogens with one attached hydrogen (secondary N) is 3. The minimum atomic E-state index is -0.335. The maximum atomic E-state index is 12.4. The smallest absolute Gasteiger partial charge is 0.289 e. The van der Waals surface area contributed by atoms with Crippen LogP contribution >= 0.6 is 0 Å². The van der Waals surface area contributed by atoms with Crippen molar-refractivity contribution in [1.82, 2.24) is 20.6 Å². The Hall–Kier alpha value is -3.67. The third kappa shape index (κ3) is 3.44. The number of benzene rings is 2. The molecule has 140 valence electrons. The van der Waals surface area contributed by atoms with E-state index in [-0.39, 0.29) is 5.91 Å². The number of fused-ring (bicyclic) bond motifs is 1. The highest BCUT2D eigenvalue weighted by Gasteiger charge is 2.11. The monoisotopic (exact) mass is 371 g/mol. The molecule has 3 N–H and O–H groups in total. The van der Waals surface area contributed by atoms with Crippen molar-refractivity contribution < 1.29 is 4.79 Å². The van der Waals surface area contributed by atoms with Gasteiger partial charge in [-0.25, -0.2) is 5.43 Å². The Bertz CT molecular complexity index is 1150. The van der Waals surface area contributed by atoms with Crippen LogP contribution in [0.25, 0.3) is 22.2 Å². The summed E-state index contributed by atoms with van der Waals surface area (Å²) in [5, 5.41) is 12.2. The number of H-pyrrole nitrogens is 2. The van der Waals surface area contributed by atoms with Gasteiger partial charge in [0, 0.05) is 27.7 Å². The second kappa shape index (κ2) is 7.52. The molecule has 2 aromatic heterocycles. The Morgan fingerprint density at radius 2 is 1.96 bits per heavy atom. The van der Waals surface area contributed by atoms with Crippen molar-refractivity contribution in [3.63, 3.8) is 0 Å². The number of hydrogen-bond acceptors (Lipinski definition) is 3. The van der Waals surface area contributed by atoms with E-state index in [9.17, 15) is 4.79 Å². The summed E-state index contributed by atoms with van der Waals surface area (Å²) >= 11 is 0. The largest absolute Gasteiger partial charge is 0.358 e. The lowest BCUT2D eigenvalue weighted by molar-refractivity contribution is 0.0950. The third-order valence-electron chi connectivity index (χ3n) is 4.78. The van der Waals surface area contributed by atoms with E-state index in [1.165, 1.54) is 5.56 Å². The first-order valence-corrected chi connectivity index (χ1v) is 9.21. The second-order valence-corrected chi connectivity index (χ2v) is 6.63. The van der Waals surface area contributed by atoms with E-state index in [0.717, 1.165) is 39.8 Å². The molecule has 6 nitrogen and oxygen atoms in total. The number of nitrogens with zero attached hydrogens (tertiary/aromatic N) is 2.